The van der Waals surface area contributed by atoms with Crippen LogP contribution in [0.5, 0.6) is 0 Å². The van der Waals surface area contributed by atoms with E-state index in [0.29, 0.717) is 19.0 Å². The Kier molecular flexibility index (Phi) is 4.55. The van der Waals surface area contributed by atoms with Gasteiger partial charge in [-0.3, -0.25) is 9.78 Å². The molecule has 2 heterocycles. The van der Waals surface area contributed by atoms with Gasteiger partial charge in [-0.2, -0.15) is 0 Å². The number of aromatic nitrogens is 1. The average Bonchev–Trinajstić information content (AvgIpc) is 3.21. The molecule has 2 aromatic rings. The second-order valence-corrected chi connectivity index (χ2v) is 6.71. The second-order valence-electron chi connectivity index (χ2n) is 5.76. The van der Waals surface area contributed by atoms with Crippen LogP contribution in [0.4, 0.5) is 0 Å². The van der Waals surface area contributed by atoms with Crippen LogP contribution in [0.2, 0.25) is 0 Å². The number of pyridine rings is 1. The quantitative estimate of drug-likeness (QED) is 0.891. The summed E-state index contributed by atoms with van der Waals surface area (Å²) in [5, 5.41) is 11.3. The molecule has 2 aromatic heterocycles. The molecule has 116 valence electrons. The molecule has 1 saturated carbocycles. The van der Waals surface area contributed by atoms with Gasteiger partial charge < -0.3 is 10.0 Å². The summed E-state index contributed by atoms with van der Waals surface area (Å²) >= 11 is 1.74. The molecule has 1 aliphatic carbocycles. The van der Waals surface area contributed by atoms with Crippen molar-refractivity contribution < 1.29 is 9.90 Å². The monoisotopic (exact) mass is 316 g/mol. The van der Waals surface area contributed by atoms with Gasteiger partial charge in [0.15, 0.2) is 0 Å². The van der Waals surface area contributed by atoms with E-state index in [9.17, 15) is 9.90 Å². The summed E-state index contributed by atoms with van der Waals surface area (Å²) in [5.41, 5.74) is 2.28. The summed E-state index contributed by atoms with van der Waals surface area (Å²) in [6.45, 7) is 2.98. The Morgan fingerprint density at radius 3 is 3.00 bits per heavy atom. The molecule has 1 N–H and O–H groups in total. The van der Waals surface area contributed by atoms with Crippen LogP contribution in [-0.4, -0.2) is 34.0 Å². The third kappa shape index (κ3) is 3.20. The summed E-state index contributed by atoms with van der Waals surface area (Å²) in [5.74, 6) is 0.582. The number of aliphatic hydroxyl groups is 1. The van der Waals surface area contributed by atoms with Crippen molar-refractivity contribution in [1.29, 1.82) is 0 Å². The Hall–Kier alpha value is -1.72. The van der Waals surface area contributed by atoms with Crippen molar-refractivity contribution >= 4 is 17.2 Å². The normalized spacial score (nSPS) is 19.9. The van der Waals surface area contributed by atoms with Crippen LogP contribution < -0.4 is 0 Å². The molecule has 0 aliphatic heterocycles. The summed E-state index contributed by atoms with van der Waals surface area (Å²) < 4.78 is 0. The molecule has 0 saturated heterocycles. The maximum absolute atomic E-state index is 12.7. The first-order valence-corrected chi connectivity index (χ1v) is 8.41. The van der Waals surface area contributed by atoms with Crippen molar-refractivity contribution in [1.82, 2.24) is 9.88 Å². The molecular formula is C17H20N2O2S. The van der Waals surface area contributed by atoms with Gasteiger partial charge in [-0.15, -0.1) is 11.3 Å². The Morgan fingerprint density at radius 2 is 2.36 bits per heavy atom. The zero-order valence-corrected chi connectivity index (χ0v) is 13.4. The van der Waals surface area contributed by atoms with E-state index in [1.807, 2.05) is 12.1 Å². The number of thiophene rings is 1. The van der Waals surface area contributed by atoms with Crippen molar-refractivity contribution in [2.75, 3.05) is 13.2 Å². The fourth-order valence-corrected chi connectivity index (χ4v) is 3.96. The fraction of sp³-hybridized carbons (Fsp3) is 0.412. The smallest absolute Gasteiger partial charge is 0.226 e. The standard InChI is InChI=1S/C17H20N2O2S/c1-12-4-8-22-16(12)14-9-15(14)17(21)19(6-7-20)11-13-3-2-5-18-10-13/h2-5,8,10,14-15,20H,6-7,9,11H2,1H3. The lowest BCUT2D eigenvalue weighted by Gasteiger charge is -2.22. The highest BCUT2D eigenvalue weighted by Crippen LogP contribution is 2.51. The zero-order chi connectivity index (χ0) is 15.5. The van der Waals surface area contributed by atoms with E-state index in [-0.39, 0.29) is 18.4 Å². The van der Waals surface area contributed by atoms with Gasteiger partial charge in [0.05, 0.1) is 6.61 Å². The summed E-state index contributed by atoms with van der Waals surface area (Å²) in [6.07, 6.45) is 4.42. The number of hydrogen-bond acceptors (Lipinski definition) is 4. The SMILES string of the molecule is Cc1ccsc1C1CC1C(=O)N(CCO)Cc1cccnc1. The van der Waals surface area contributed by atoms with Crippen LogP contribution >= 0.6 is 11.3 Å². The third-order valence-electron chi connectivity index (χ3n) is 4.12. The van der Waals surface area contributed by atoms with Gasteiger partial charge in [-0.25, -0.2) is 0 Å². The number of amides is 1. The van der Waals surface area contributed by atoms with E-state index < -0.39 is 0 Å². The summed E-state index contributed by atoms with van der Waals surface area (Å²) in [4.78, 5) is 19.9. The molecule has 0 radical (unpaired) electrons. The molecule has 2 unspecified atom stereocenters. The molecule has 1 aliphatic rings. The van der Waals surface area contributed by atoms with E-state index in [1.165, 1.54) is 10.4 Å². The molecule has 1 fully saturated rings. The number of aryl methyl sites for hydroxylation is 1. The van der Waals surface area contributed by atoms with Crippen LogP contribution in [0.25, 0.3) is 0 Å². The number of rotatable bonds is 6. The maximum Gasteiger partial charge on any atom is 0.226 e. The highest BCUT2D eigenvalue weighted by atomic mass is 32.1. The van der Waals surface area contributed by atoms with Crippen molar-refractivity contribution in [3.05, 3.63) is 52.0 Å². The second kappa shape index (κ2) is 6.58. The van der Waals surface area contributed by atoms with Gasteiger partial charge in [-0.1, -0.05) is 6.07 Å². The maximum atomic E-state index is 12.7. The fourth-order valence-electron chi connectivity index (χ4n) is 2.86. The summed E-state index contributed by atoms with van der Waals surface area (Å²) in [7, 11) is 0. The molecule has 2 atom stereocenters. The number of carbonyl (C=O) groups is 1. The summed E-state index contributed by atoms with van der Waals surface area (Å²) in [6, 6.07) is 5.94. The molecule has 4 nitrogen and oxygen atoms in total. The van der Waals surface area contributed by atoms with E-state index in [1.54, 1.807) is 28.6 Å². The molecule has 0 bridgehead atoms. The first-order valence-electron chi connectivity index (χ1n) is 7.53. The first kappa shape index (κ1) is 15.2. The molecule has 0 spiro atoms. The van der Waals surface area contributed by atoms with Gasteiger partial charge in [-0.05, 0) is 42.0 Å². The average molecular weight is 316 g/mol. The van der Waals surface area contributed by atoms with E-state index in [0.717, 1.165) is 12.0 Å². The molecule has 22 heavy (non-hydrogen) atoms. The Balaban J connectivity index is 1.68. The minimum atomic E-state index is -0.0125. The van der Waals surface area contributed by atoms with Gasteiger partial charge >= 0.3 is 0 Å². The third-order valence-corrected chi connectivity index (χ3v) is 5.27. The van der Waals surface area contributed by atoms with Crippen LogP contribution in [0.15, 0.2) is 36.0 Å². The van der Waals surface area contributed by atoms with Gasteiger partial charge in [0.25, 0.3) is 0 Å². The minimum Gasteiger partial charge on any atom is -0.395 e. The lowest BCUT2D eigenvalue weighted by atomic mass is 10.1. The molecule has 3 rings (SSSR count). The number of nitrogens with zero attached hydrogens (tertiary/aromatic N) is 2. The lowest BCUT2D eigenvalue weighted by molar-refractivity contribution is -0.133. The Morgan fingerprint density at radius 1 is 1.50 bits per heavy atom. The van der Waals surface area contributed by atoms with Crippen molar-refractivity contribution in [2.24, 2.45) is 5.92 Å². The minimum absolute atomic E-state index is 0.0125. The number of carbonyl (C=O) groups excluding carboxylic acids is 1. The molecule has 5 heteroatoms. The van der Waals surface area contributed by atoms with Gasteiger partial charge in [0.2, 0.25) is 5.91 Å². The van der Waals surface area contributed by atoms with Crippen molar-refractivity contribution in [2.45, 2.75) is 25.8 Å². The highest BCUT2D eigenvalue weighted by molar-refractivity contribution is 7.10. The largest absolute Gasteiger partial charge is 0.395 e. The van der Waals surface area contributed by atoms with Crippen molar-refractivity contribution in [3.63, 3.8) is 0 Å². The number of hydrogen-bond donors (Lipinski definition) is 1. The molecule has 1 amide bonds. The molecular weight excluding hydrogens is 296 g/mol. The van der Waals surface area contributed by atoms with Crippen molar-refractivity contribution in [3.8, 4) is 0 Å². The van der Waals surface area contributed by atoms with Gasteiger partial charge in [0.1, 0.15) is 0 Å². The first-order chi connectivity index (χ1) is 10.7. The van der Waals surface area contributed by atoms with E-state index in [2.05, 4.69) is 23.4 Å². The van der Waals surface area contributed by atoms with Crippen LogP contribution in [0, 0.1) is 12.8 Å². The lowest BCUT2D eigenvalue weighted by Crippen LogP contribution is -2.34. The van der Waals surface area contributed by atoms with Crippen LogP contribution in [-0.2, 0) is 11.3 Å². The predicted octanol–water partition coefficient (Wildman–Crippen LogP) is 2.58. The Labute approximate surface area is 134 Å². The topological polar surface area (TPSA) is 53.4 Å². The Bertz CT molecular complexity index is 641. The zero-order valence-electron chi connectivity index (χ0n) is 12.6. The predicted molar refractivity (Wildman–Crippen MR) is 86.6 cm³/mol. The number of aliphatic hydroxyl groups excluding tert-OH is 1. The van der Waals surface area contributed by atoms with Gasteiger partial charge in [0, 0.05) is 42.2 Å². The van der Waals surface area contributed by atoms with E-state index in [4.69, 9.17) is 0 Å². The highest BCUT2D eigenvalue weighted by Gasteiger charge is 2.46. The molecule has 0 aromatic carbocycles. The van der Waals surface area contributed by atoms with E-state index >= 15 is 0 Å². The van der Waals surface area contributed by atoms with Crippen LogP contribution in [0.1, 0.15) is 28.3 Å². The van der Waals surface area contributed by atoms with Crippen LogP contribution in [0.3, 0.4) is 0 Å².